The maximum Gasteiger partial charge on any atom is 0.290 e. The van der Waals surface area contributed by atoms with E-state index in [0.717, 1.165) is 24.8 Å². The number of carbonyl (C=O) groups excluding carboxylic acids is 1. The lowest BCUT2D eigenvalue weighted by Crippen LogP contribution is -2.42. The predicted molar refractivity (Wildman–Crippen MR) is 95.6 cm³/mol. The Labute approximate surface area is 147 Å². The molecule has 1 amide bonds. The third-order valence-electron chi connectivity index (χ3n) is 5.31. The highest BCUT2D eigenvalue weighted by molar-refractivity contribution is 5.93. The summed E-state index contributed by atoms with van der Waals surface area (Å²) in [6.07, 6.45) is 3.78. The Morgan fingerprint density at radius 3 is 3.00 bits per heavy atom. The summed E-state index contributed by atoms with van der Waals surface area (Å²) in [7, 11) is 0. The van der Waals surface area contributed by atoms with Gasteiger partial charge >= 0.3 is 0 Å². The van der Waals surface area contributed by atoms with Crippen LogP contribution in [0, 0.1) is 0 Å². The maximum absolute atomic E-state index is 12.8. The first-order valence-electron chi connectivity index (χ1n) is 9.01. The van der Waals surface area contributed by atoms with Crippen molar-refractivity contribution in [3.8, 4) is 0 Å². The van der Waals surface area contributed by atoms with E-state index in [1.807, 2.05) is 6.07 Å². The fourth-order valence-electron chi connectivity index (χ4n) is 3.98. The Morgan fingerprint density at radius 1 is 1.32 bits per heavy atom. The van der Waals surface area contributed by atoms with E-state index in [9.17, 15) is 9.90 Å². The summed E-state index contributed by atoms with van der Waals surface area (Å²) < 4.78 is 5.55. The summed E-state index contributed by atoms with van der Waals surface area (Å²) in [4.78, 5) is 16.9. The molecule has 2 aliphatic rings. The third kappa shape index (κ3) is 3.04. The van der Waals surface area contributed by atoms with Crippen LogP contribution in [0.5, 0.6) is 0 Å². The van der Waals surface area contributed by atoms with Gasteiger partial charge in [-0.2, -0.15) is 0 Å². The van der Waals surface area contributed by atoms with Gasteiger partial charge in [0.05, 0.1) is 12.4 Å². The molecule has 1 aromatic heterocycles. The zero-order valence-corrected chi connectivity index (χ0v) is 14.5. The van der Waals surface area contributed by atoms with Gasteiger partial charge in [0.15, 0.2) is 5.76 Å². The summed E-state index contributed by atoms with van der Waals surface area (Å²) in [5.41, 5.74) is 3.50. The summed E-state index contributed by atoms with van der Waals surface area (Å²) in [5.74, 6) is 0.296. The second kappa shape index (κ2) is 6.56. The Kier molecular flexibility index (Phi) is 4.25. The summed E-state index contributed by atoms with van der Waals surface area (Å²) in [5, 5.41) is 9.84. The number of rotatable bonds is 3. The average Bonchev–Trinajstić information content (AvgIpc) is 3.19. The number of furan rings is 1. The van der Waals surface area contributed by atoms with Crippen LogP contribution in [0.15, 0.2) is 41.0 Å². The van der Waals surface area contributed by atoms with E-state index in [1.165, 1.54) is 11.3 Å². The van der Waals surface area contributed by atoms with Crippen molar-refractivity contribution in [1.29, 1.82) is 0 Å². The van der Waals surface area contributed by atoms with E-state index in [0.29, 0.717) is 31.4 Å². The van der Waals surface area contributed by atoms with Crippen molar-refractivity contribution < 1.29 is 14.3 Å². The van der Waals surface area contributed by atoms with E-state index in [-0.39, 0.29) is 5.91 Å². The maximum atomic E-state index is 12.8. The molecular weight excluding hydrogens is 316 g/mol. The molecule has 1 saturated heterocycles. The number of amides is 1. The van der Waals surface area contributed by atoms with Crippen LogP contribution in [0.3, 0.4) is 0 Å². The van der Waals surface area contributed by atoms with E-state index in [1.54, 1.807) is 11.2 Å². The van der Waals surface area contributed by atoms with Gasteiger partial charge in [-0.15, -0.1) is 0 Å². The van der Waals surface area contributed by atoms with Gasteiger partial charge in [-0.1, -0.05) is 18.2 Å². The zero-order chi connectivity index (χ0) is 17.4. The molecule has 3 heterocycles. The van der Waals surface area contributed by atoms with Gasteiger partial charge < -0.3 is 19.3 Å². The van der Waals surface area contributed by atoms with E-state index in [2.05, 4.69) is 36.1 Å². The molecule has 132 valence electrons. The first-order valence-corrected chi connectivity index (χ1v) is 9.01. The Bertz CT molecular complexity index is 770. The molecule has 0 spiro atoms. The van der Waals surface area contributed by atoms with Gasteiger partial charge in [-0.3, -0.25) is 4.79 Å². The molecule has 25 heavy (non-hydrogen) atoms. The van der Waals surface area contributed by atoms with Crippen LogP contribution in [0.25, 0.3) is 0 Å². The number of aliphatic hydroxyl groups is 1. The molecule has 5 nitrogen and oxygen atoms in total. The normalized spacial score (nSPS) is 23.0. The number of hydrogen-bond acceptors (Lipinski definition) is 4. The van der Waals surface area contributed by atoms with Gasteiger partial charge in [-0.05, 0) is 43.9 Å². The molecule has 2 aromatic rings. The topological polar surface area (TPSA) is 56.9 Å². The fraction of sp³-hybridized carbons (Fsp3) is 0.450. The molecular formula is C20H24N2O3. The van der Waals surface area contributed by atoms with E-state index >= 15 is 0 Å². The molecule has 0 aliphatic carbocycles. The minimum Gasteiger partial charge on any atom is -0.459 e. The molecule has 4 rings (SSSR count). The molecule has 2 atom stereocenters. The van der Waals surface area contributed by atoms with Gasteiger partial charge in [0.1, 0.15) is 0 Å². The number of piperidine rings is 1. The SMILES string of the molecule is CC1Cc2ccccc2N1Cc1ccoc1C(=O)N1CCCC(O)C1. The zero-order valence-electron chi connectivity index (χ0n) is 14.5. The summed E-state index contributed by atoms with van der Waals surface area (Å²) in [6.45, 7) is 3.94. The van der Waals surface area contributed by atoms with Crippen LogP contribution >= 0.6 is 0 Å². The Morgan fingerprint density at radius 2 is 2.16 bits per heavy atom. The van der Waals surface area contributed by atoms with Crippen molar-refractivity contribution in [1.82, 2.24) is 4.90 Å². The largest absolute Gasteiger partial charge is 0.459 e. The third-order valence-corrected chi connectivity index (χ3v) is 5.31. The highest BCUT2D eigenvalue weighted by Gasteiger charge is 2.30. The monoisotopic (exact) mass is 340 g/mol. The number of carbonyl (C=O) groups is 1. The standard InChI is InChI=1S/C20H24N2O3/c1-14-11-15-5-2-3-7-18(15)22(14)12-16-8-10-25-19(16)20(24)21-9-4-6-17(23)13-21/h2-3,5,7-8,10,14,17,23H,4,6,9,11-13H2,1H3. The fourth-order valence-corrected chi connectivity index (χ4v) is 3.98. The number of hydrogen-bond donors (Lipinski definition) is 1. The molecule has 0 bridgehead atoms. The number of para-hydroxylation sites is 1. The van der Waals surface area contributed by atoms with Crippen LogP contribution in [0.4, 0.5) is 5.69 Å². The quantitative estimate of drug-likeness (QED) is 0.933. The van der Waals surface area contributed by atoms with Gasteiger partial charge in [-0.25, -0.2) is 0 Å². The lowest BCUT2D eigenvalue weighted by atomic mass is 10.1. The smallest absolute Gasteiger partial charge is 0.290 e. The summed E-state index contributed by atoms with van der Waals surface area (Å²) >= 11 is 0. The number of nitrogens with zero attached hydrogens (tertiary/aromatic N) is 2. The van der Waals surface area contributed by atoms with Crippen molar-refractivity contribution in [2.75, 3.05) is 18.0 Å². The predicted octanol–water partition coefficient (Wildman–Crippen LogP) is 2.83. The van der Waals surface area contributed by atoms with Crippen LogP contribution in [-0.2, 0) is 13.0 Å². The molecule has 1 fully saturated rings. The minimum atomic E-state index is -0.429. The van der Waals surface area contributed by atoms with Crippen LogP contribution in [-0.4, -0.2) is 41.1 Å². The molecule has 0 radical (unpaired) electrons. The van der Waals surface area contributed by atoms with Crippen molar-refractivity contribution in [2.24, 2.45) is 0 Å². The van der Waals surface area contributed by atoms with Gasteiger partial charge in [0.2, 0.25) is 0 Å². The second-order valence-corrected chi connectivity index (χ2v) is 7.13. The molecule has 1 N–H and O–H groups in total. The lowest BCUT2D eigenvalue weighted by molar-refractivity contribution is 0.0447. The molecule has 2 aliphatic heterocycles. The Balaban J connectivity index is 1.55. The van der Waals surface area contributed by atoms with Crippen molar-refractivity contribution in [2.45, 2.75) is 44.9 Å². The molecule has 0 saturated carbocycles. The number of benzene rings is 1. The van der Waals surface area contributed by atoms with Crippen molar-refractivity contribution >= 4 is 11.6 Å². The minimum absolute atomic E-state index is 0.112. The Hall–Kier alpha value is -2.27. The number of likely N-dealkylation sites (tertiary alicyclic amines) is 1. The van der Waals surface area contributed by atoms with Crippen molar-refractivity contribution in [3.05, 3.63) is 53.5 Å². The van der Waals surface area contributed by atoms with Gasteiger partial charge in [0, 0.05) is 36.9 Å². The number of fused-ring (bicyclic) bond motifs is 1. The van der Waals surface area contributed by atoms with E-state index < -0.39 is 6.10 Å². The molecule has 1 aromatic carbocycles. The molecule has 5 heteroatoms. The highest BCUT2D eigenvalue weighted by atomic mass is 16.3. The van der Waals surface area contributed by atoms with Crippen LogP contribution in [0.2, 0.25) is 0 Å². The van der Waals surface area contributed by atoms with Gasteiger partial charge in [0.25, 0.3) is 5.91 Å². The first-order chi connectivity index (χ1) is 12.1. The average molecular weight is 340 g/mol. The number of aliphatic hydroxyl groups excluding tert-OH is 1. The highest BCUT2D eigenvalue weighted by Crippen LogP contribution is 2.33. The first kappa shape index (κ1) is 16.2. The second-order valence-electron chi connectivity index (χ2n) is 7.13. The van der Waals surface area contributed by atoms with E-state index in [4.69, 9.17) is 4.42 Å². The van der Waals surface area contributed by atoms with Crippen LogP contribution in [0.1, 0.15) is 41.4 Å². The molecule has 2 unspecified atom stereocenters. The lowest BCUT2D eigenvalue weighted by Gasteiger charge is -2.30. The number of β-amino-alcohol motifs (C(OH)–C–C–N with tert-alkyl or cyclic N) is 1. The summed E-state index contributed by atoms with van der Waals surface area (Å²) in [6, 6.07) is 10.7. The number of anilines is 1. The van der Waals surface area contributed by atoms with Crippen molar-refractivity contribution in [3.63, 3.8) is 0 Å². The van der Waals surface area contributed by atoms with Crippen LogP contribution < -0.4 is 4.90 Å².